The van der Waals surface area contributed by atoms with Gasteiger partial charge in [0, 0.05) is 39.3 Å². The lowest BCUT2D eigenvalue weighted by Gasteiger charge is -2.24. The molecule has 7 nitrogen and oxygen atoms in total. The van der Waals surface area contributed by atoms with Gasteiger partial charge in [-0.25, -0.2) is 22.1 Å². The van der Waals surface area contributed by atoms with Crippen molar-refractivity contribution >= 4 is 67.0 Å². The maximum Gasteiger partial charge on any atom is 0.269 e. The predicted octanol–water partition coefficient (Wildman–Crippen LogP) is 7.83. The highest BCUT2D eigenvalue weighted by molar-refractivity contribution is 7.93. The molecule has 0 bridgehead atoms. The van der Waals surface area contributed by atoms with E-state index in [-0.39, 0.29) is 28.4 Å². The van der Waals surface area contributed by atoms with Crippen molar-refractivity contribution in [2.24, 2.45) is 0 Å². The van der Waals surface area contributed by atoms with Crippen LogP contribution in [0.2, 0.25) is 15.1 Å². The zero-order chi connectivity index (χ0) is 28.3. The van der Waals surface area contributed by atoms with Crippen LogP contribution in [-0.4, -0.2) is 27.6 Å². The number of hydrogen-bond acceptors (Lipinski definition) is 7. The van der Waals surface area contributed by atoms with Gasteiger partial charge in [-0.05, 0) is 55.0 Å². The SMILES string of the molecule is COc1ccc(CN(c2nccs2)S(=O)(=O)c2cc(Cl)c(N[C@@H](C)c3cc(Cl)cc(Cl)c3)cc2F)c(OC)c1. The van der Waals surface area contributed by atoms with Crippen LogP contribution in [-0.2, 0) is 16.6 Å². The predicted molar refractivity (Wildman–Crippen MR) is 155 cm³/mol. The molecule has 206 valence electrons. The molecule has 3 aromatic carbocycles. The lowest BCUT2D eigenvalue weighted by atomic mass is 10.1. The Bertz CT molecular complexity index is 1570. The summed E-state index contributed by atoms with van der Waals surface area (Å²) >= 11 is 19.8. The molecule has 1 atom stereocenters. The minimum absolute atomic E-state index is 0.0102. The third-order valence-corrected chi connectivity index (χ3v) is 9.20. The monoisotopic (exact) mass is 629 g/mol. The Kier molecular flexibility index (Phi) is 9.13. The first-order chi connectivity index (χ1) is 18.5. The van der Waals surface area contributed by atoms with Crippen molar-refractivity contribution in [3.8, 4) is 11.5 Å². The highest BCUT2D eigenvalue weighted by Crippen LogP contribution is 2.36. The summed E-state index contributed by atoms with van der Waals surface area (Å²) in [5, 5.41) is 5.76. The molecule has 0 radical (unpaired) electrons. The van der Waals surface area contributed by atoms with Crippen LogP contribution in [0.15, 0.2) is 65.0 Å². The number of rotatable bonds is 10. The molecule has 13 heteroatoms. The summed E-state index contributed by atoms with van der Waals surface area (Å²) in [6, 6.07) is 11.8. The summed E-state index contributed by atoms with van der Waals surface area (Å²) in [5.41, 5.74) is 1.47. The van der Waals surface area contributed by atoms with Gasteiger partial charge in [0.05, 0.1) is 31.5 Å². The van der Waals surface area contributed by atoms with Crippen LogP contribution >= 0.6 is 46.1 Å². The van der Waals surface area contributed by atoms with Gasteiger partial charge in [-0.2, -0.15) is 0 Å². The molecule has 4 rings (SSSR count). The summed E-state index contributed by atoms with van der Waals surface area (Å²) in [7, 11) is -1.48. The number of anilines is 2. The van der Waals surface area contributed by atoms with Crippen molar-refractivity contribution in [2.75, 3.05) is 23.8 Å². The molecule has 0 unspecified atom stereocenters. The van der Waals surface area contributed by atoms with Gasteiger partial charge in [0.25, 0.3) is 10.0 Å². The molecule has 0 fully saturated rings. The largest absolute Gasteiger partial charge is 0.497 e. The van der Waals surface area contributed by atoms with E-state index < -0.39 is 20.7 Å². The molecule has 1 aromatic heterocycles. The maximum atomic E-state index is 15.5. The fourth-order valence-electron chi connectivity index (χ4n) is 3.83. The molecule has 0 aliphatic carbocycles. The number of methoxy groups -OCH3 is 2. The van der Waals surface area contributed by atoms with Crippen molar-refractivity contribution in [2.45, 2.75) is 24.4 Å². The van der Waals surface area contributed by atoms with Crippen LogP contribution in [0.3, 0.4) is 0 Å². The molecular weight excluding hydrogens is 608 g/mol. The molecule has 0 spiro atoms. The number of nitrogens with zero attached hydrogens (tertiary/aromatic N) is 2. The first kappa shape index (κ1) is 29.2. The lowest BCUT2D eigenvalue weighted by Crippen LogP contribution is -2.31. The van der Waals surface area contributed by atoms with Gasteiger partial charge in [-0.1, -0.05) is 34.8 Å². The number of sulfonamides is 1. The van der Waals surface area contributed by atoms with E-state index in [4.69, 9.17) is 44.3 Å². The molecule has 4 aromatic rings. The Balaban J connectivity index is 1.70. The van der Waals surface area contributed by atoms with Crippen LogP contribution in [0.25, 0.3) is 0 Å². The smallest absolute Gasteiger partial charge is 0.269 e. The van der Waals surface area contributed by atoms with E-state index in [9.17, 15) is 8.42 Å². The standard InChI is InChI=1S/C26H23Cl3FN3O4S2/c1-15(17-8-18(27)10-19(28)9-17)32-23-13-22(30)25(12-21(23)29)39(34,35)33(26-31-6-7-38-26)14-16-4-5-20(36-2)11-24(16)37-3/h4-13,15,32H,14H2,1-3H3/t15-/m0/s1. The van der Waals surface area contributed by atoms with Crippen LogP contribution < -0.4 is 19.1 Å². The number of thiazole rings is 1. The number of hydrogen-bond donors (Lipinski definition) is 1. The Morgan fingerprint density at radius 2 is 1.77 bits per heavy atom. The van der Waals surface area contributed by atoms with Gasteiger partial charge in [-0.3, -0.25) is 0 Å². The van der Waals surface area contributed by atoms with Crippen molar-refractivity contribution in [1.29, 1.82) is 0 Å². The van der Waals surface area contributed by atoms with E-state index in [1.54, 1.807) is 41.8 Å². The third kappa shape index (κ3) is 6.53. The van der Waals surface area contributed by atoms with Crippen molar-refractivity contribution < 1.29 is 22.3 Å². The highest BCUT2D eigenvalue weighted by atomic mass is 35.5. The van der Waals surface area contributed by atoms with Gasteiger partial charge in [0.2, 0.25) is 0 Å². The van der Waals surface area contributed by atoms with Crippen LogP contribution in [0.1, 0.15) is 24.1 Å². The second kappa shape index (κ2) is 12.2. The summed E-state index contributed by atoms with van der Waals surface area (Å²) in [6.07, 6.45) is 1.47. The van der Waals surface area contributed by atoms with Crippen LogP contribution in [0, 0.1) is 5.82 Å². The van der Waals surface area contributed by atoms with Crippen molar-refractivity contribution in [3.63, 3.8) is 0 Å². The Labute approximate surface area is 245 Å². The number of ether oxygens (including phenoxy) is 2. The molecule has 1 N–H and O–H groups in total. The minimum Gasteiger partial charge on any atom is -0.497 e. The van der Waals surface area contributed by atoms with E-state index in [0.29, 0.717) is 27.1 Å². The average molecular weight is 631 g/mol. The summed E-state index contributed by atoms with van der Waals surface area (Å²) < 4.78 is 54.8. The van der Waals surface area contributed by atoms with E-state index in [1.807, 2.05) is 6.92 Å². The number of nitrogens with one attached hydrogen (secondary N) is 1. The van der Waals surface area contributed by atoms with Crippen molar-refractivity contribution in [3.05, 3.63) is 92.1 Å². The molecule has 39 heavy (non-hydrogen) atoms. The second-order valence-corrected chi connectivity index (χ2v) is 12.3. The van der Waals surface area contributed by atoms with Gasteiger partial charge >= 0.3 is 0 Å². The Morgan fingerprint density at radius 1 is 1.05 bits per heavy atom. The fourth-order valence-corrected chi connectivity index (χ4v) is 7.00. The van der Waals surface area contributed by atoms with E-state index in [2.05, 4.69) is 10.3 Å². The van der Waals surface area contributed by atoms with Gasteiger partial charge in [-0.15, -0.1) is 11.3 Å². The van der Waals surface area contributed by atoms with Crippen molar-refractivity contribution in [1.82, 2.24) is 4.98 Å². The Morgan fingerprint density at radius 3 is 2.38 bits per heavy atom. The molecule has 0 aliphatic heterocycles. The molecule has 0 aliphatic rings. The fraction of sp³-hybridized carbons (Fsp3) is 0.192. The molecule has 0 amide bonds. The summed E-state index contributed by atoms with van der Waals surface area (Å²) in [6.45, 7) is 1.64. The first-order valence-electron chi connectivity index (χ1n) is 11.4. The maximum absolute atomic E-state index is 15.5. The molecule has 1 heterocycles. The number of halogens is 4. The topological polar surface area (TPSA) is 80.8 Å². The van der Waals surface area contributed by atoms with Gasteiger partial charge < -0.3 is 14.8 Å². The van der Waals surface area contributed by atoms with E-state index >= 15 is 4.39 Å². The zero-order valence-corrected chi connectivity index (χ0v) is 24.8. The normalized spacial score (nSPS) is 12.2. The molecule has 0 saturated carbocycles. The molecular formula is C26H23Cl3FN3O4S2. The quantitative estimate of drug-likeness (QED) is 0.192. The Hall–Kier alpha value is -2.76. The van der Waals surface area contributed by atoms with Gasteiger partial charge in [0.1, 0.15) is 22.2 Å². The zero-order valence-electron chi connectivity index (χ0n) is 20.9. The number of aromatic nitrogens is 1. The van der Waals surface area contributed by atoms with Gasteiger partial charge in [0.15, 0.2) is 5.13 Å². The van der Waals surface area contributed by atoms with E-state index in [1.165, 1.54) is 20.4 Å². The van der Waals surface area contributed by atoms with E-state index in [0.717, 1.165) is 33.3 Å². The first-order valence-corrected chi connectivity index (χ1v) is 14.8. The van der Waals surface area contributed by atoms with Crippen LogP contribution in [0.4, 0.5) is 15.2 Å². The second-order valence-electron chi connectivity index (χ2n) is 8.34. The third-order valence-electron chi connectivity index (χ3n) is 5.79. The number of benzene rings is 3. The average Bonchev–Trinajstić information content (AvgIpc) is 3.42. The minimum atomic E-state index is -4.45. The van der Waals surface area contributed by atoms with Crippen LogP contribution in [0.5, 0.6) is 11.5 Å². The summed E-state index contributed by atoms with van der Waals surface area (Å²) in [5.74, 6) is -0.0461. The highest BCUT2D eigenvalue weighted by Gasteiger charge is 2.32. The lowest BCUT2D eigenvalue weighted by molar-refractivity contribution is 0.391. The molecule has 0 saturated heterocycles. The summed E-state index contributed by atoms with van der Waals surface area (Å²) in [4.78, 5) is 3.56.